The van der Waals surface area contributed by atoms with E-state index < -0.39 is 19.1 Å². The number of nitrogens with zero attached hydrogens (tertiary/aromatic N) is 1. The van der Waals surface area contributed by atoms with E-state index in [1.54, 1.807) is 12.1 Å². The Balaban J connectivity index is 1.17. The number of hydrogen-bond donors (Lipinski definition) is 0. The van der Waals surface area contributed by atoms with Crippen molar-refractivity contribution >= 4 is 55.4 Å². The summed E-state index contributed by atoms with van der Waals surface area (Å²) in [5.41, 5.74) is 2.44. The molecule has 3 aliphatic rings. The van der Waals surface area contributed by atoms with E-state index in [4.69, 9.17) is 4.74 Å². The fraction of sp³-hybridized carbons (Fsp3) is 0.360. The van der Waals surface area contributed by atoms with Gasteiger partial charge < -0.3 is 4.74 Å². The number of benzene rings is 2. The number of esters is 1. The van der Waals surface area contributed by atoms with Crippen LogP contribution in [-0.2, 0) is 19.1 Å². The Hall–Kier alpha value is -2.32. The largest absolute Gasteiger partial charge is 0.456 e. The Bertz CT molecular complexity index is 1090. The van der Waals surface area contributed by atoms with Gasteiger partial charge in [0.2, 0.25) is 11.8 Å². The first-order valence-corrected chi connectivity index (χ1v) is 12.7. The molecule has 6 atom stereocenters. The molecular formula is C25H21Br2NO5. The summed E-state index contributed by atoms with van der Waals surface area (Å²) in [6.07, 6.45) is 0.828. The zero-order chi connectivity index (χ0) is 23.3. The number of amides is 2. The fourth-order valence-corrected chi connectivity index (χ4v) is 7.32. The van der Waals surface area contributed by atoms with Crippen molar-refractivity contribution in [1.82, 2.24) is 4.90 Å². The zero-order valence-electron chi connectivity index (χ0n) is 17.5. The van der Waals surface area contributed by atoms with Gasteiger partial charge in [0.25, 0.3) is 0 Å². The van der Waals surface area contributed by atoms with Crippen molar-refractivity contribution in [3.63, 3.8) is 0 Å². The van der Waals surface area contributed by atoms with Crippen LogP contribution in [0.3, 0.4) is 0 Å². The number of likely N-dealkylation sites (tertiary alicyclic amines) is 1. The zero-order valence-corrected chi connectivity index (χ0v) is 20.7. The minimum absolute atomic E-state index is 0.0854. The summed E-state index contributed by atoms with van der Waals surface area (Å²) in [5, 5.41) is 0. The first-order valence-electron chi connectivity index (χ1n) is 10.8. The van der Waals surface area contributed by atoms with Crippen molar-refractivity contribution in [2.24, 2.45) is 23.7 Å². The van der Waals surface area contributed by atoms with Crippen molar-refractivity contribution in [3.05, 3.63) is 60.2 Å². The molecule has 1 saturated heterocycles. The molecule has 3 fully saturated rings. The maximum atomic E-state index is 12.9. The lowest BCUT2D eigenvalue weighted by molar-refractivity contribution is -0.152. The van der Waals surface area contributed by atoms with E-state index in [1.807, 2.05) is 42.5 Å². The molecule has 170 valence electrons. The number of halogens is 2. The van der Waals surface area contributed by atoms with Gasteiger partial charge in [0.1, 0.15) is 6.54 Å². The van der Waals surface area contributed by atoms with E-state index in [9.17, 15) is 19.2 Å². The van der Waals surface area contributed by atoms with Crippen LogP contribution in [0.4, 0.5) is 0 Å². The standard InChI is InChI=1S/C25H21Br2NO5/c26-22-16-10-17(23(22)27)21-20(16)24(31)28(25(21)32)11-19(30)33-12-18(29)15-8-6-14(7-9-15)13-4-2-1-3-5-13/h1-9,16-17,20-23H,10-12H2/t16-,17-,20-,21+,22+,23+/m1/s1. The van der Waals surface area contributed by atoms with E-state index in [0.29, 0.717) is 5.56 Å². The molecule has 2 aromatic carbocycles. The van der Waals surface area contributed by atoms with Gasteiger partial charge in [-0.15, -0.1) is 0 Å². The third-order valence-electron chi connectivity index (χ3n) is 7.04. The van der Waals surface area contributed by atoms with Crippen LogP contribution in [0.5, 0.6) is 0 Å². The van der Waals surface area contributed by atoms with Crippen LogP contribution in [-0.4, -0.2) is 51.3 Å². The maximum Gasteiger partial charge on any atom is 0.326 e. The summed E-state index contributed by atoms with van der Waals surface area (Å²) < 4.78 is 5.11. The number of imide groups is 1. The Kier molecular flexibility index (Phi) is 5.99. The van der Waals surface area contributed by atoms with Crippen LogP contribution in [0.25, 0.3) is 11.1 Å². The predicted molar refractivity (Wildman–Crippen MR) is 128 cm³/mol. The second-order valence-corrected chi connectivity index (χ2v) is 10.9. The summed E-state index contributed by atoms with van der Waals surface area (Å²) in [5.74, 6) is -2.30. The number of hydrogen-bond acceptors (Lipinski definition) is 5. The molecule has 2 amide bonds. The molecule has 1 heterocycles. The molecule has 2 aromatic rings. The second-order valence-electron chi connectivity index (χ2n) is 8.79. The summed E-state index contributed by atoms with van der Waals surface area (Å²) in [6.45, 7) is -0.894. The highest BCUT2D eigenvalue weighted by molar-refractivity contribution is 9.12. The number of fused-ring (bicyclic) bond motifs is 5. The third-order valence-corrected chi connectivity index (χ3v) is 10.3. The minimum atomic E-state index is -0.760. The van der Waals surface area contributed by atoms with Crippen LogP contribution in [0.15, 0.2) is 54.6 Å². The number of rotatable bonds is 6. The Morgan fingerprint density at radius 2 is 1.39 bits per heavy atom. The number of alkyl halides is 2. The molecular weight excluding hydrogens is 554 g/mol. The summed E-state index contributed by atoms with van der Waals surface area (Å²) >= 11 is 7.28. The van der Waals surface area contributed by atoms with E-state index in [2.05, 4.69) is 31.9 Å². The number of ketones is 1. The molecule has 1 aliphatic heterocycles. The highest BCUT2D eigenvalue weighted by atomic mass is 79.9. The van der Waals surface area contributed by atoms with Crippen LogP contribution in [0.2, 0.25) is 0 Å². The van der Waals surface area contributed by atoms with Crippen LogP contribution in [0, 0.1) is 23.7 Å². The molecule has 2 bridgehead atoms. The molecule has 0 spiro atoms. The summed E-state index contributed by atoms with van der Waals surface area (Å²) in [6, 6.07) is 16.8. The lowest BCUT2D eigenvalue weighted by atomic mass is 9.81. The Morgan fingerprint density at radius 3 is 1.97 bits per heavy atom. The minimum Gasteiger partial charge on any atom is -0.456 e. The molecule has 0 unspecified atom stereocenters. The van der Waals surface area contributed by atoms with Crippen LogP contribution in [0.1, 0.15) is 16.8 Å². The molecule has 6 nitrogen and oxygen atoms in total. The van der Waals surface area contributed by atoms with E-state index in [0.717, 1.165) is 22.4 Å². The Morgan fingerprint density at radius 1 is 0.848 bits per heavy atom. The van der Waals surface area contributed by atoms with Crippen molar-refractivity contribution in [3.8, 4) is 11.1 Å². The highest BCUT2D eigenvalue weighted by Gasteiger charge is 2.66. The average molecular weight is 575 g/mol. The lowest BCUT2D eigenvalue weighted by Gasteiger charge is -2.28. The predicted octanol–water partition coefficient (Wildman–Crippen LogP) is 3.86. The van der Waals surface area contributed by atoms with Gasteiger partial charge in [0, 0.05) is 15.2 Å². The van der Waals surface area contributed by atoms with E-state index in [-0.39, 0.29) is 50.9 Å². The van der Waals surface area contributed by atoms with Gasteiger partial charge in [-0.2, -0.15) is 0 Å². The quantitative estimate of drug-likeness (QED) is 0.226. The molecule has 2 aliphatic carbocycles. The van der Waals surface area contributed by atoms with Crippen molar-refractivity contribution in [2.45, 2.75) is 16.1 Å². The first kappa shape index (κ1) is 22.5. The van der Waals surface area contributed by atoms with E-state index >= 15 is 0 Å². The molecule has 0 radical (unpaired) electrons. The molecule has 2 saturated carbocycles. The molecule has 33 heavy (non-hydrogen) atoms. The van der Waals surface area contributed by atoms with Gasteiger partial charge in [0.05, 0.1) is 11.8 Å². The number of Topliss-reactive ketones (excluding diaryl/α,β-unsaturated/α-hetero) is 1. The summed E-state index contributed by atoms with van der Waals surface area (Å²) in [7, 11) is 0. The molecule has 0 N–H and O–H groups in total. The molecule has 8 heteroatoms. The Labute approximate surface area is 207 Å². The van der Waals surface area contributed by atoms with Gasteiger partial charge in [-0.25, -0.2) is 0 Å². The van der Waals surface area contributed by atoms with Crippen molar-refractivity contribution in [2.75, 3.05) is 13.2 Å². The monoisotopic (exact) mass is 573 g/mol. The topological polar surface area (TPSA) is 80.8 Å². The smallest absolute Gasteiger partial charge is 0.326 e. The number of carbonyl (C=O) groups is 4. The molecule has 0 aromatic heterocycles. The van der Waals surface area contributed by atoms with Crippen LogP contribution >= 0.6 is 31.9 Å². The van der Waals surface area contributed by atoms with Gasteiger partial charge in [-0.3, -0.25) is 24.1 Å². The van der Waals surface area contributed by atoms with Crippen molar-refractivity contribution < 1.29 is 23.9 Å². The highest BCUT2D eigenvalue weighted by Crippen LogP contribution is 2.60. The second kappa shape index (κ2) is 8.80. The number of carbonyl (C=O) groups excluding carboxylic acids is 4. The first-order chi connectivity index (χ1) is 15.9. The van der Waals surface area contributed by atoms with Gasteiger partial charge in [0.15, 0.2) is 12.4 Å². The maximum absolute atomic E-state index is 12.9. The van der Waals surface area contributed by atoms with Gasteiger partial charge in [-0.05, 0) is 29.4 Å². The van der Waals surface area contributed by atoms with Gasteiger partial charge in [-0.1, -0.05) is 86.5 Å². The summed E-state index contributed by atoms with van der Waals surface area (Å²) in [4.78, 5) is 51.9. The van der Waals surface area contributed by atoms with Gasteiger partial charge >= 0.3 is 5.97 Å². The fourth-order valence-electron chi connectivity index (χ4n) is 5.45. The molecule has 5 rings (SSSR count). The van der Waals surface area contributed by atoms with Crippen molar-refractivity contribution in [1.29, 1.82) is 0 Å². The SMILES string of the molecule is O=C(CN1C(=O)[C@@H]2[C@H]3C[C@@H]([C@H](Br)[C@H]3Br)[C@@H]2C1=O)OCC(=O)c1ccc(-c2ccccc2)cc1. The van der Waals surface area contributed by atoms with E-state index in [1.165, 1.54) is 0 Å². The average Bonchev–Trinajstić information content (AvgIpc) is 3.44. The van der Waals surface area contributed by atoms with Crippen LogP contribution < -0.4 is 0 Å². The third kappa shape index (κ3) is 3.87. The normalized spacial score (nSPS) is 29.9. The lowest BCUT2D eigenvalue weighted by Crippen LogP contribution is -2.38. The number of ether oxygens (including phenoxy) is 1.